The van der Waals surface area contributed by atoms with Crippen molar-refractivity contribution in [3.8, 4) is 17.1 Å². The summed E-state index contributed by atoms with van der Waals surface area (Å²) >= 11 is 0. The van der Waals surface area contributed by atoms with Crippen LogP contribution in [-0.2, 0) is 46.9 Å². The molecule has 5 aliphatic heterocycles. The fourth-order valence-electron chi connectivity index (χ4n) is 12.3. The van der Waals surface area contributed by atoms with Gasteiger partial charge in [0.2, 0.25) is 17.7 Å². The number of hydrogen-bond donors (Lipinski definition) is 4. The minimum Gasteiger partial charge on any atom is -0.478 e. The molecular weight excluding hydrogens is 941 g/mol. The Morgan fingerprint density at radius 2 is 1.76 bits per heavy atom. The van der Waals surface area contributed by atoms with Crippen LogP contribution in [0.3, 0.4) is 0 Å². The molecule has 19 heteroatoms. The van der Waals surface area contributed by atoms with Crippen LogP contribution >= 0.6 is 0 Å². The third-order valence-corrected chi connectivity index (χ3v) is 15.8. The zero-order valence-electron chi connectivity index (χ0n) is 42.3. The van der Waals surface area contributed by atoms with E-state index < -0.39 is 11.9 Å². The number of carbonyl (C=O) groups excluding carboxylic acids is 5. The Labute approximate surface area is 429 Å². The van der Waals surface area contributed by atoms with Crippen LogP contribution in [0.5, 0.6) is 5.88 Å². The van der Waals surface area contributed by atoms with Crippen LogP contribution in [0.25, 0.3) is 11.3 Å². The molecule has 0 bridgehead atoms. The maximum absolute atomic E-state index is 14.1. The lowest BCUT2D eigenvalue weighted by Crippen LogP contribution is -2.57. The van der Waals surface area contributed by atoms with E-state index in [1.807, 2.05) is 36.4 Å². The number of amides is 5. The number of benzene rings is 2. The topological polar surface area (TPSA) is 211 Å². The number of anilines is 6. The molecule has 3 saturated heterocycles. The first-order valence-corrected chi connectivity index (χ1v) is 25.6. The monoisotopic (exact) mass is 1000 g/mol. The number of aliphatic hydroxyl groups excluding tert-OH is 1. The molecule has 0 radical (unpaired) electrons. The van der Waals surface area contributed by atoms with Gasteiger partial charge in [-0.3, -0.25) is 39.1 Å². The van der Waals surface area contributed by atoms with Gasteiger partial charge in [-0.25, -0.2) is 15.0 Å². The van der Waals surface area contributed by atoms with Gasteiger partial charge in [0.15, 0.2) is 5.82 Å². The van der Waals surface area contributed by atoms with Crippen LogP contribution in [0.4, 0.5) is 34.4 Å². The fourth-order valence-corrected chi connectivity index (χ4v) is 12.3. The van der Waals surface area contributed by atoms with E-state index in [9.17, 15) is 29.1 Å². The highest BCUT2D eigenvalue weighted by Crippen LogP contribution is 2.42. The van der Waals surface area contributed by atoms with Crippen molar-refractivity contribution < 1.29 is 33.8 Å². The molecule has 2 atom stereocenters. The van der Waals surface area contributed by atoms with E-state index in [0.29, 0.717) is 83.2 Å². The second-order valence-corrected chi connectivity index (χ2v) is 21.1. The van der Waals surface area contributed by atoms with Gasteiger partial charge in [0, 0.05) is 116 Å². The first-order valence-electron chi connectivity index (χ1n) is 25.6. The van der Waals surface area contributed by atoms with Crippen LogP contribution < -0.4 is 35.4 Å². The van der Waals surface area contributed by atoms with Crippen LogP contribution in [0.1, 0.15) is 89.7 Å². The number of imide groups is 1. The molecule has 1 unspecified atom stereocenters. The van der Waals surface area contributed by atoms with Gasteiger partial charge in [-0.05, 0) is 98.5 Å². The molecule has 19 nitrogen and oxygen atoms in total. The Balaban J connectivity index is 0.772. The molecule has 6 aliphatic rings. The van der Waals surface area contributed by atoms with E-state index in [1.165, 1.54) is 24.4 Å². The molecule has 5 amide bonds. The molecule has 8 heterocycles. The Morgan fingerprint density at radius 1 is 0.932 bits per heavy atom. The number of carbonyl (C=O) groups is 5. The number of piperidine rings is 2. The van der Waals surface area contributed by atoms with Crippen molar-refractivity contribution in [2.45, 2.75) is 97.1 Å². The molecule has 5 aromatic rings. The molecule has 4 N–H and O–H groups in total. The average molecular weight is 1000 g/mol. The molecule has 0 saturated carbocycles. The maximum Gasteiger partial charge on any atom is 0.276 e. The Kier molecular flexibility index (Phi) is 12.7. The summed E-state index contributed by atoms with van der Waals surface area (Å²) in [4.78, 5) is 89.8. The number of ether oxygens (including phenoxy) is 1. The van der Waals surface area contributed by atoms with Gasteiger partial charge in [-0.1, -0.05) is 26.5 Å². The van der Waals surface area contributed by atoms with Gasteiger partial charge in [0.1, 0.15) is 17.6 Å². The van der Waals surface area contributed by atoms with E-state index in [-0.39, 0.29) is 54.0 Å². The van der Waals surface area contributed by atoms with Gasteiger partial charge in [-0.15, -0.1) is 0 Å². The van der Waals surface area contributed by atoms with Crippen LogP contribution in [0.15, 0.2) is 73.6 Å². The second kappa shape index (κ2) is 19.3. The zero-order chi connectivity index (χ0) is 51.6. The first-order chi connectivity index (χ1) is 35.7. The molecule has 0 spiro atoms. The van der Waals surface area contributed by atoms with Crippen molar-refractivity contribution in [1.82, 2.24) is 34.6 Å². The van der Waals surface area contributed by atoms with Crippen LogP contribution in [0, 0.1) is 5.41 Å². The predicted octanol–water partition coefficient (Wildman–Crippen LogP) is 5.43. The van der Waals surface area contributed by atoms with Gasteiger partial charge < -0.3 is 39.7 Å². The third-order valence-electron chi connectivity index (χ3n) is 15.8. The van der Waals surface area contributed by atoms with E-state index in [0.717, 1.165) is 75.3 Å². The zero-order valence-corrected chi connectivity index (χ0v) is 42.3. The molecule has 11 rings (SSSR count). The predicted molar refractivity (Wildman–Crippen MR) is 280 cm³/mol. The highest BCUT2D eigenvalue weighted by molar-refractivity contribution is 6.07. The average Bonchev–Trinajstić information content (AvgIpc) is 4.03. The molecule has 3 aromatic heterocycles. The van der Waals surface area contributed by atoms with E-state index in [2.05, 4.69) is 78.6 Å². The summed E-state index contributed by atoms with van der Waals surface area (Å²) in [5.74, 6) is -0.471. The van der Waals surface area contributed by atoms with Crippen LogP contribution in [0.2, 0.25) is 0 Å². The van der Waals surface area contributed by atoms with Gasteiger partial charge in [-0.2, -0.15) is 0 Å². The molecule has 74 heavy (non-hydrogen) atoms. The highest BCUT2D eigenvalue weighted by Gasteiger charge is 2.42. The molecule has 2 aromatic carbocycles. The molecule has 384 valence electrons. The normalized spacial score (nSPS) is 20.8. The van der Waals surface area contributed by atoms with Gasteiger partial charge in [0.05, 0.1) is 37.0 Å². The summed E-state index contributed by atoms with van der Waals surface area (Å²) in [7, 11) is 1.51. The van der Waals surface area contributed by atoms with Crippen molar-refractivity contribution in [3.63, 3.8) is 0 Å². The quantitative estimate of drug-likeness (QED) is 0.0908. The number of nitrogens with zero attached hydrogens (tertiary/aromatic N) is 9. The number of nitrogens with one attached hydrogen (secondary N) is 3. The van der Waals surface area contributed by atoms with Crippen molar-refractivity contribution in [3.05, 3.63) is 107 Å². The minimum atomic E-state index is -0.654. The number of aliphatic hydroxyl groups is 1. The van der Waals surface area contributed by atoms with Gasteiger partial charge >= 0.3 is 0 Å². The third kappa shape index (κ3) is 8.80. The number of hydrogen-bond acceptors (Lipinski definition) is 14. The minimum absolute atomic E-state index is 0.106. The SMILES string of the molecule is C=CC(=O)Nc1cc(Nc2nc(-c3ccnc(N4CCn5c(cc6c5CC(C)(C)C6)C4=O)c3CO)cnc2OC)ccc1N1CCN(C2CCN(c3cccc4c3CN(C3CCC(=O)NC3=O)C4=O)CC2)C[C@@H]1C. The van der Waals surface area contributed by atoms with E-state index in [1.54, 1.807) is 28.3 Å². The Morgan fingerprint density at radius 3 is 2.51 bits per heavy atom. The maximum atomic E-state index is 14.1. The van der Waals surface area contributed by atoms with Crippen molar-refractivity contribution in [1.29, 1.82) is 0 Å². The summed E-state index contributed by atoms with van der Waals surface area (Å²) in [6.07, 6.45) is 8.73. The van der Waals surface area contributed by atoms with Crippen molar-refractivity contribution in [2.24, 2.45) is 5.41 Å². The lowest BCUT2D eigenvalue weighted by molar-refractivity contribution is -0.137. The number of pyridine rings is 1. The number of methoxy groups -OCH3 is 1. The molecule has 3 fully saturated rings. The Bertz CT molecular complexity index is 3120. The highest BCUT2D eigenvalue weighted by atomic mass is 16.5. The summed E-state index contributed by atoms with van der Waals surface area (Å²) in [6, 6.07) is 15.2. The smallest absolute Gasteiger partial charge is 0.276 e. The molecular formula is C55H62N12O7. The van der Waals surface area contributed by atoms with Crippen LogP contribution in [-0.4, -0.2) is 128 Å². The standard InChI is InChI=1S/C55H62N12O7/c1-6-47(69)59-40-25-34(58-49-52(74-5)57-28-41(60-49)36-14-17-56-50(39(36)31-68)66-23-22-65-45(54(66)73)24-33-26-55(3,4)27-46(33)65)10-11-43(40)64-21-20-63(29-32(64)2)35-15-18-62(19-16-35)42-9-7-8-37-38(42)30-67(53(37)72)44-12-13-48(70)61-51(44)71/h6-11,14,17,24-25,28,32,35,44,68H,1,12-13,15-16,18-23,26-27,29-31H2,2-5H3,(H,58,60)(H,59,69)(H,61,70,71)/t32-,44?/m0/s1. The summed E-state index contributed by atoms with van der Waals surface area (Å²) in [5, 5.41) is 19.7. The number of rotatable bonds is 12. The lowest BCUT2D eigenvalue weighted by atomic mass is 9.90. The first kappa shape index (κ1) is 48.6. The number of aromatic nitrogens is 4. The van der Waals surface area contributed by atoms with E-state index in [4.69, 9.17) is 9.72 Å². The fraction of sp³-hybridized carbons (Fsp3) is 0.418. The second-order valence-electron chi connectivity index (χ2n) is 21.1. The Hall–Kier alpha value is -7.64. The van der Waals surface area contributed by atoms with Gasteiger partial charge in [0.25, 0.3) is 17.7 Å². The van der Waals surface area contributed by atoms with Crippen molar-refractivity contribution in [2.75, 3.05) is 71.7 Å². The molecule has 1 aliphatic carbocycles. The van der Waals surface area contributed by atoms with Crippen molar-refractivity contribution >= 4 is 63.9 Å². The number of piperazine rings is 1. The number of fused-ring (bicyclic) bond motifs is 4. The van der Waals surface area contributed by atoms with E-state index >= 15 is 0 Å². The summed E-state index contributed by atoms with van der Waals surface area (Å²) in [6.45, 7) is 15.4. The summed E-state index contributed by atoms with van der Waals surface area (Å²) < 4.78 is 7.82. The largest absolute Gasteiger partial charge is 0.478 e. The summed E-state index contributed by atoms with van der Waals surface area (Å²) in [5.41, 5.74) is 9.38. The lowest BCUT2D eigenvalue weighted by Gasteiger charge is -2.47.